The normalized spacial score (nSPS) is 12.8. The van der Waals surface area contributed by atoms with E-state index in [9.17, 15) is 4.79 Å². The molecular weight excluding hydrogens is 360 g/mol. The van der Waals surface area contributed by atoms with Crippen LogP contribution in [0, 0.1) is 6.92 Å². The summed E-state index contributed by atoms with van der Waals surface area (Å²) in [5.74, 6) is 0.753. The van der Waals surface area contributed by atoms with Crippen LogP contribution in [-0.4, -0.2) is 21.9 Å². The van der Waals surface area contributed by atoms with E-state index in [1.165, 1.54) is 29.3 Å². The van der Waals surface area contributed by atoms with E-state index in [0.29, 0.717) is 11.7 Å². The van der Waals surface area contributed by atoms with Crippen molar-refractivity contribution in [3.05, 3.63) is 65.0 Å². The van der Waals surface area contributed by atoms with Crippen LogP contribution in [0.5, 0.6) is 0 Å². The zero-order valence-electron chi connectivity index (χ0n) is 15.1. The molecule has 0 aliphatic heterocycles. The van der Waals surface area contributed by atoms with Crippen LogP contribution in [0.2, 0.25) is 0 Å². The van der Waals surface area contributed by atoms with Gasteiger partial charge in [-0.15, -0.1) is 11.8 Å². The van der Waals surface area contributed by atoms with Crippen LogP contribution in [-0.2, 0) is 29.0 Å². The summed E-state index contributed by atoms with van der Waals surface area (Å²) in [6.45, 7) is 2.01. The summed E-state index contributed by atoms with van der Waals surface area (Å²) in [4.78, 5) is 17.4. The molecule has 4 rings (SSSR count). The molecule has 0 bridgehead atoms. The molecule has 0 fully saturated rings. The van der Waals surface area contributed by atoms with Crippen molar-refractivity contribution in [3.8, 4) is 11.4 Å². The highest BCUT2D eigenvalue weighted by Gasteiger charge is 2.13. The molecule has 1 aliphatic rings. The molecule has 138 valence electrons. The van der Waals surface area contributed by atoms with Gasteiger partial charge in [-0.05, 0) is 49.4 Å². The lowest BCUT2D eigenvalue weighted by Gasteiger charge is -2.05. The number of esters is 1. The second kappa shape index (κ2) is 7.96. The van der Waals surface area contributed by atoms with Crippen LogP contribution in [0.15, 0.2) is 51.9 Å². The van der Waals surface area contributed by atoms with Gasteiger partial charge in [0.2, 0.25) is 5.82 Å². The van der Waals surface area contributed by atoms with Crippen LogP contribution in [0.3, 0.4) is 0 Å². The number of hydrogen-bond donors (Lipinski definition) is 0. The second-order valence-electron chi connectivity index (χ2n) is 6.61. The fraction of sp³-hybridized carbons (Fsp3) is 0.286. The summed E-state index contributed by atoms with van der Waals surface area (Å²) in [5.41, 5.74) is 4.87. The SMILES string of the molecule is Cc1ccc(-c2noc(COC(=O)CSc3ccc4c(c3)CCC4)n2)cc1. The molecule has 6 heteroatoms. The molecule has 0 radical (unpaired) electrons. The third-order valence-corrected chi connectivity index (χ3v) is 5.53. The Labute approximate surface area is 162 Å². The Morgan fingerprint density at radius 1 is 1.15 bits per heavy atom. The Bertz CT molecular complexity index is 950. The lowest BCUT2D eigenvalue weighted by atomic mass is 10.1. The van der Waals surface area contributed by atoms with E-state index in [0.717, 1.165) is 28.9 Å². The number of aromatic nitrogens is 2. The first-order chi connectivity index (χ1) is 13.2. The second-order valence-corrected chi connectivity index (χ2v) is 7.66. The number of hydrogen-bond acceptors (Lipinski definition) is 6. The van der Waals surface area contributed by atoms with Crippen LogP contribution >= 0.6 is 11.8 Å². The largest absolute Gasteiger partial charge is 0.455 e. The van der Waals surface area contributed by atoms with Gasteiger partial charge in [-0.3, -0.25) is 4.79 Å². The van der Waals surface area contributed by atoms with Crippen LogP contribution in [0.25, 0.3) is 11.4 Å². The van der Waals surface area contributed by atoms with Gasteiger partial charge < -0.3 is 9.26 Å². The molecule has 1 aromatic heterocycles. The van der Waals surface area contributed by atoms with Crippen molar-refractivity contribution in [2.75, 3.05) is 5.75 Å². The first kappa shape index (κ1) is 17.8. The lowest BCUT2D eigenvalue weighted by Crippen LogP contribution is -2.07. The molecule has 1 heterocycles. The number of rotatable bonds is 6. The number of fused-ring (bicyclic) bond motifs is 1. The summed E-state index contributed by atoms with van der Waals surface area (Å²) in [6, 6.07) is 14.3. The third-order valence-electron chi connectivity index (χ3n) is 4.56. The monoisotopic (exact) mass is 380 g/mol. The highest BCUT2D eigenvalue weighted by molar-refractivity contribution is 8.00. The van der Waals surface area contributed by atoms with Crippen molar-refractivity contribution in [2.45, 2.75) is 37.7 Å². The Morgan fingerprint density at radius 3 is 2.81 bits per heavy atom. The standard InChI is InChI=1S/C21H20N2O3S/c1-14-5-7-16(8-6-14)21-22-19(26-23-21)12-25-20(24)13-27-18-10-9-15-3-2-4-17(15)11-18/h5-11H,2-4,12-13H2,1H3. The molecule has 0 saturated carbocycles. The maximum absolute atomic E-state index is 12.0. The zero-order valence-corrected chi connectivity index (χ0v) is 15.9. The highest BCUT2D eigenvalue weighted by Crippen LogP contribution is 2.27. The van der Waals surface area contributed by atoms with Crippen molar-refractivity contribution >= 4 is 17.7 Å². The number of carbonyl (C=O) groups excluding carboxylic acids is 1. The van der Waals surface area contributed by atoms with Crippen LogP contribution < -0.4 is 0 Å². The van der Waals surface area contributed by atoms with E-state index in [-0.39, 0.29) is 18.3 Å². The number of nitrogens with zero attached hydrogens (tertiary/aromatic N) is 2. The maximum Gasteiger partial charge on any atom is 0.316 e. The van der Waals surface area contributed by atoms with Crippen molar-refractivity contribution in [2.24, 2.45) is 0 Å². The Hall–Kier alpha value is -2.60. The summed E-state index contributed by atoms with van der Waals surface area (Å²) >= 11 is 1.49. The number of aryl methyl sites for hydroxylation is 3. The molecule has 0 N–H and O–H groups in total. The van der Waals surface area contributed by atoms with Crippen molar-refractivity contribution < 1.29 is 14.1 Å². The third kappa shape index (κ3) is 4.39. The molecule has 0 atom stereocenters. The van der Waals surface area contributed by atoms with Gasteiger partial charge in [0.1, 0.15) is 0 Å². The summed E-state index contributed by atoms with van der Waals surface area (Å²) in [5, 5.41) is 3.94. The minimum Gasteiger partial charge on any atom is -0.455 e. The summed E-state index contributed by atoms with van der Waals surface area (Å²) in [7, 11) is 0. The van der Waals surface area contributed by atoms with Gasteiger partial charge in [-0.25, -0.2) is 0 Å². The smallest absolute Gasteiger partial charge is 0.316 e. The molecule has 0 saturated heterocycles. The Kier molecular flexibility index (Phi) is 5.25. The van der Waals surface area contributed by atoms with Crippen molar-refractivity contribution in [3.63, 3.8) is 0 Å². The molecule has 2 aromatic carbocycles. The van der Waals surface area contributed by atoms with Crippen molar-refractivity contribution in [1.82, 2.24) is 10.1 Å². The Morgan fingerprint density at radius 2 is 1.96 bits per heavy atom. The van der Waals surface area contributed by atoms with E-state index in [4.69, 9.17) is 9.26 Å². The van der Waals surface area contributed by atoms with Crippen LogP contribution in [0.1, 0.15) is 29.0 Å². The molecule has 1 aliphatic carbocycles. The molecule has 3 aromatic rings. The first-order valence-electron chi connectivity index (χ1n) is 8.97. The quantitative estimate of drug-likeness (QED) is 0.467. The fourth-order valence-electron chi connectivity index (χ4n) is 3.10. The van der Waals surface area contributed by atoms with Gasteiger partial charge in [-0.2, -0.15) is 4.98 Å². The lowest BCUT2D eigenvalue weighted by molar-refractivity contribution is -0.142. The highest BCUT2D eigenvalue weighted by atomic mass is 32.2. The molecule has 0 unspecified atom stereocenters. The van der Waals surface area contributed by atoms with E-state index >= 15 is 0 Å². The van der Waals surface area contributed by atoms with E-state index in [1.54, 1.807) is 0 Å². The topological polar surface area (TPSA) is 65.2 Å². The number of carbonyl (C=O) groups is 1. The predicted octanol–water partition coefficient (Wildman–Crippen LogP) is 4.37. The molecular formula is C21H20N2O3S. The number of benzene rings is 2. The summed E-state index contributed by atoms with van der Waals surface area (Å²) in [6.07, 6.45) is 3.52. The molecule has 5 nitrogen and oxygen atoms in total. The van der Waals surface area contributed by atoms with Gasteiger partial charge in [0.05, 0.1) is 5.75 Å². The predicted molar refractivity (Wildman–Crippen MR) is 103 cm³/mol. The average molecular weight is 380 g/mol. The van der Waals surface area contributed by atoms with Crippen LogP contribution in [0.4, 0.5) is 0 Å². The molecule has 0 spiro atoms. The minimum absolute atomic E-state index is 0.0115. The number of thioether (sulfide) groups is 1. The molecule has 0 amide bonds. The average Bonchev–Trinajstić information content (AvgIpc) is 3.34. The van der Waals surface area contributed by atoms with E-state index in [1.807, 2.05) is 31.2 Å². The van der Waals surface area contributed by atoms with Gasteiger partial charge >= 0.3 is 5.97 Å². The van der Waals surface area contributed by atoms with Gasteiger partial charge in [-0.1, -0.05) is 41.1 Å². The maximum atomic E-state index is 12.0. The minimum atomic E-state index is -0.296. The van der Waals surface area contributed by atoms with Gasteiger partial charge in [0, 0.05) is 10.5 Å². The van der Waals surface area contributed by atoms with Gasteiger partial charge in [0.15, 0.2) is 6.61 Å². The zero-order chi connectivity index (χ0) is 18.6. The van der Waals surface area contributed by atoms with E-state index < -0.39 is 0 Å². The van der Waals surface area contributed by atoms with Crippen molar-refractivity contribution in [1.29, 1.82) is 0 Å². The summed E-state index contributed by atoms with van der Waals surface area (Å²) < 4.78 is 10.4. The van der Waals surface area contributed by atoms with E-state index in [2.05, 4.69) is 28.3 Å². The number of ether oxygens (including phenoxy) is 1. The Balaban J connectivity index is 1.27. The van der Waals surface area contributed by atoms with Gasteiger partial charge in [0.25, 0.3) is 5.89 Å². The fourth-order valence-corrected chi connectivity index (χ4v) is 3.86. The first-order valence-corrected chi connectivity index (χ1v) is 9.96. The molecule has 27 heavy (non-hydrogen) atoms.